The minimum absolute atomic E-state index is 0.0128. The van der Waals surface area contributed by atoms with Gasteiger partial charge in [-0.1, -0.05) is 0 Å². The Balaban J connectivity index is 1.55. The van der Waals surface area contributed by atoms with E-state index >= 15 is 0 Å². The van der Waals surface area contributed by atoms with E-state index < -0.39 is 0 Å². The average molecular weight is 240 g/mol. The summed E-state index contributed by atoms with van der Waals surface area (Å²) in [6.07, 6.45) is 4.03. The van der Waals surface area contributed by atoms with Crippen molar-refractivity contribution in [1.29, 1.82) is 0 Å². The number of likely N-dealkylation sites (tertiary alicyclic amines) is 1. The van der Waals surface area contributed by atoms with Gasteiger partial charge in [0.25, 0.3) is 0 Å². The summed E-state index contributed by atoms with van der Waals surface area (Å²) >= 11 is 0. The first kappa shape index (κ1) is 12.8. The molecule has 1 unspecified atom stereocenters. The van der Waals surface area contributed by atoms with E-state index in [1.807, 2.05) is 13.8 Å². The van der Waals surface area contributed by atoms with Crippen molar-refractivity contribution in [2.24, 2.45) is 5.92 Å². The van der Waals surface area contributed by atoms with Gasteiger partial charge in [-0.15, -0.1) is 0 Å². The Morgan fingerprint density at radius 2 is 2.18 bits per heavy atom. The second-order valence-electron chi connectivity index (χ2n) is 5.55. The van der Waals surface area contributed by atoms with E-state index in [9.17, 15) is 4.79 Å². The molecule has 2 rings (SSSR count). The molecule has 0 aromatic heterocycles. The maximum absolute atomic E-state index is 11.3. The molecule has 4 heteroatoms. The number of rotatable bonds is 6. The summed E-state index contributed by atoms with van der Waals surface area (Å²) in [6.45, 7) is 7.49. The fraction of sp³-hybridized carbons (Fsp3) is 0.923. The molecule has 2 fully saturated rings. The highest BCUT2D eigenvalue weighted by atomic mass is 16.5. The van der Waals surface area contributed by atoms with Crippen LogP contribution in [0.4, 0.5) is 0 Å². The lowest BCUT2D eigenvalue weighted by molar-refractivity contribution is -0.146. The number of nitrogens with zero attached hydrogens (tertiary/aromatic N) is 1. The lowest BCUT2D eigenvalue weighted by atomic mass is 10.1. The SMILES string of the molecule is CC(C)OC(=O)CNCC1CCN(C2CC2)C1. The van der Waals surface area contributed by atoms with Gasteiger partial charge in [-0.2, -0.15) is 0 Å². The molecule has 17 heavy (non-hydrogen) atoms. The maximum atomic E-state index is 11.3. The van der Waals surface area contributed by atoms with Gasteiger partial charge in [0.15, 0.2) is 0 Å². The second kappa shape index (κ2) is 5.83. The van der Waals surface area contributed by atoms with Crippen LogP contribution in [0.2, 0.25) is 0 Å². The fourth-order valence-electron chi connectivity index (χ4n) is 2.48. The molecular weight excluding hydrogens is 216 g/mol. The van der Waals surface area contributed by atoms with Gasteiger partial charge < -0.3 is 15.0 Å². The van der Waals surface area contributed by atoms with Crippen LogP contribution in [0.15, 0.2) is 0 Å². The predicted molar refractivity (Wildman–Crippen MR) is 66.8 cm³/mol. The quantitative estimate of drug-likeness (QED) is 0.704. The van der Waals surface area contributed by atoms with Crippen LogP contribution in [-0.4, -0.2) is 49.2 Å². The number of esters is 1. The van der Waals surface area contributed by atoms with E-state index in [0.717, 1.165) is 12.6 Å². The molecule has 0 amide bonds. The van der Waals surface area contributed by atoms with E-state index in [4.69, 9.17) is 4.74 Å². The van der Waals surface area contributed by atoms with Crippen molar-refractivity contribution in [2.45, 2.75) is 45.3 Å². The van der Waals surface area contributed by atoms with Crippen molar-refractivity contribution < 1.29 is 9.53 Å². The van der Waals surface area contributed by atoms with Crippen LogP contribution in [-0.2, 0) is 9.53 Å². The molecule has 1 aliphatic heterocycles. The van der Waals surface area contributed by atoms with Crippen LogP contribution in [0.1, 0.15) is 33.1 Å². The summed E-state index contributed by atoms with van der Waals surface area (Å²) < 4.78 is 5.07. The molecule has 0 aromatic carbocycles. The summed E-state index contributed by atoms with van der Waals surface area (Å²) in [5.74, 6) is 0.569. The molecule has 2 aliphatic rings. The summed E-state index contributed by atoms with van der Waals surface area (Å²) in [7, 11) is 0. The molecule has 98 valence electrons. The lowest BCUT2D eigenvalue weighted by Gasteiger charge is -2.15. The number of nitrogens with one attached hydrogen (secondary N) is 1. The number of hydrogen-bond acceptors (Lipinski definition) is 4. The van der Waals surface area contributed by atoms with E-state index in [2.05, 4.69) is 10.2 Å². The van der Waals surface area contributed by atoms with E-state index in [-0.39, 0.29) is 12.1 Å². The van der Waals surface area contributed by atoms with Gasteiger partial charge in [-0.3, -0.25) is 4.79 Å². The number of carbonyl (C=O) groups excluding carboxylic acids is 1. The molecule has 1 saturated heterocycles. The van der Waals surface area contributed by atoms with Gasteiger partial charge in [0.05, 0.1) is 12.6 Å². The zero-order valence-corrected chi connectivity index (χ0v) is 10.9. The first-order valence-corrected chi connectivity index (χ1v) is 6.79. The Morgan fingerprint density at radius 3 is 2.82 bits per heavy atom. The van der Waals surface area contributed by atoms with Crippen molar-refractivity contribution in [2.75, 3.05) is 26.2 Å². The Morgan fingerprint density at radius 1 is 1.41 bits per heavy atom. The molecule has 4 nitrogen and oxygen atoms in total. The minimum atomic E-state index is -0.142. The highest BCUT2D eigenvalue weighted by Crippen LogP contribution is 2.31. The zero-order chi connectivity index (χ0) is 12.3. The third kappa shape index (κ3) is 4.28. The Labute approximate surface area is 104 Å². The fourth-order valence-corrected chi connectivity index (χ4v) is 2.48. The molecule has 1 N–H and O–H groups in total. The van der Waals surface area contributed by atoms with Crippen molar-refractivity contribution in [3.8, 4) is 0 Å². The van der Waals surface area contributed by atoms with Crippen LogP contribution >= 0.6 is 0 Å². The highest BCUT2D eigenvalue weighted by Gasteiger charge is 2.34. The van der Waals surface area contributed by atoms with Crippen LogP contribution in [0, 0.1) is 5.92 Å². The van der Waals surface area contributed by atoms with Gasteiger partial charge >= 0.3 is 5.97 Å². The Kier molecular flexibility index (Phi) is 4.40. The maximum Gasteiger partial charge on any atom is 0.320 e. The smallest absolute Gasteiger partial charge is 0.320 e. The second-order valence-corrected chi connectivity index (χ2v) is 5.55. The van der Waals surface area contributed by atoms with E-state index in [1.54, 1.807) is 0 Å². The highest BCUT2D eigenvalue weighted by molar-refractivity contribution is 5.71. The first-order chi connectivity index (χ1) is 8.15. The summed E-state index contributed by atoms with van der Waals surface area (Å²) in [6, 6.07) is 0.880. The van der Waals surface area contributed by atoms with E-state index in [1.165, 1.54) is 32.4 Å². The van der Waals surface area contributed by atoms with Gasteiger partial charge in [-0.25, -0.2) is 0 Å². The zero-order valence-electron chi connectivity index (χ0n) is 10.9. The summed E-state index contributed by atoms with van der Waals surface area (Å²) in [4.78, 5) is 13.9. The van der Waals surface area contributed by atoms with Crippen LogP contribution in [0.5, 0.6) is 0 Å². The molecule has 0 spiro atoms. The molecule has 0 radical (unpaired) electrons. The number of ether oxygens (including phenoxy) is 1. The Hall–Kier alpha value is -0.610. The van der Waals surface area contributed by atoms with Crippen LogP contribution in [0.25, 0.3) is 0 Å². The number of hydrogen-bond donors (Lipinski definition) is 1. The van der Waals surface area contributed by atoms with Crippen molar-refractivity contribution in [3.05, 3.63) is 0 Å². The van der Waals surface area contributed by atoms with E-state index in [0.29, 0.717) is 12.5 Å². The molecular formula is C13H24N2O2. The molecule has 1 atom stereocenters. The van der Waals surface area contributed by atoms with Crippen molar-refractivity contribution in [1.82, 2.24) is 10.2 Å². The van der Waals surface area contributed by atoms with Gasteiger partial charge in [0, 0.05) is 12.6 Å². The molecule has 1 heterocycles. The van der Waals surface area contributed by atoms with Gasteiger partial charge in [0.2, 0.25) is 0 Å². The third-order valence-corrected chi connectivity index (χ3v) is 3.45. The van der Waals surface area contributed by atoms with Gasteiger partial charge in [0.1, 0.15) is 0 Å². The summed E-state index contributed by atoms with van der Waals surface area (Å²) in [5, 5.41) is 3.21. The number of carbonyl (C=O) groups is 1. The monoisotopic (exact) mass is 240 g/mol. The van der Waals surface area contributed by atoms with Crippen molar-refractivity contribution >= 4 is 5.97 Å². The Bertz CT molecular complexity index is 264. The predicted octanol–water partition coefficient (Wildman–Crippen LogP) is 1.01. The molecule has 0 bridgehead atoms. The molecule has 1 saturated carbocycles. The minimum Gasteiger partial charge on any atom is -0.462 e. The lowest BCUT2D eigenvalue weighted by Crippen LogP contribution is -2.32. The largest absolute Gasteiger partial charge is 0.462 e. The first-order valence-electron chi connectivity index (χ1n) is 6.79. The topological polar surface area (TPSA) is 41.6 Å². The van der Waals surface area contributed by atoms with Gasteiger partial charge in [-0.05, 0) is 52.1 Å². The normalized spacial score (nSPS) is 25.5. The van der Waals surface area contributed by atoms with Crippen molar-refractivity contribution in [3.63, 3.8) is 0 Å². The van der Waals surface area contributed by atoms with Crippen LogP contribution in [0.3, 0.4) is 0 Å². The molecule has 1 aliphatic carbocycles. The summed E-state index contributed by atoms with van der Waals surface area (Å²) in [5.41, 5.74) is 0. The molecule has 0 aromatic rings. The average Bonchev–Trinajstić information content (AvgIpc) is 2.99. The standard InChI is InChI=1S/C13H24N2O2/c1-10(2)17-13(16)8-14-7-11-5-6-15(9-11)12-3-4-12/h10-12,14H,3-9H2,1-2H3. The third-order valence-electron chi connectivity index (χ3n) is 3.45. The van der Waals surface area contributed by atoms with Crippen LogP contribution < -0.4 is 5.32 Å².